The summed E-state index contributed by atoms with van der Waals surface area (Å²) in [6, 6.07) is -0.783. The van der Waals surface area contributed by atoms with Crippen LogP contribution in [0.5, 0.6) is 0 Å². The van der Waals surface area contributed by atoms with Crippen molar-refractivity contribution >= 4 is 19.8 Å². The monoisotopic (exact) mass is 247 g/mol. The average molecular weight is 247 g/mol. The molecule has 0 aromatic rings. The maximum absolute atomic E-state index is 11.1. The molecule has 0 radical (unpaired) electrons. The van der Waals surface area contributed by atoms with Crippen molar-refractivity contribution in [3.8, 4) is 5.75 Å². The van der Waals surface area contributed by atoms with E-state index in [1.807, 2.05) is 0 Å². The van der Waals surface area contributed by atoms with Gasteiger partial charge in [0.05, 0.1) is 0 Å². The van der Waals surface area contributed by atoms with Gasteiger partial charge in [-0.3, -0.25) is 0 Å². The van der Waals surface area contributed by atoms with E-state index >= 15 is 0 Å². The minimum atomic E-state index is -0.783. The Morgan fingerprint density at radius 3 is 2.81 bits per heavy atom. The zero-order valence-corrected chi connectivity index (χ0v) is 9.41. The first-order chi connectivity index (χ1) is 7.49. The van der Waals surface area contributed by atoms with Crippen LogP contribution in [0.2, 0.25) is 0 Å². The van der Waals surface area contributed by atoms with Gasteiger partial charge in [0.25, 0.3) is 0 Å². The van der Waals surface area contributed by atoms with E-state index in [1.165, 1.54) is 0 Å². The van der Waals surface area contributed by atoms with Crippen molar-refractivity contribution in [3.05, 3.63) is 0 Å². The Morgan fingerprint density at radius 1 is 1.69 bits per heavy atom. The van der Waals surface area contributed by atoms with Crippen LogP contribution in [-0.4, -0.2) is 34.7 Å². The number of nitrogens with one attached hydrogen (secondary N) is 2. The molecule has 1 atom stereocenters. The number of hydrogen-bond donors (Lipinski definition) is 5. The fourth-order valence-electron chi connectivity index (χ4n) is 0.883. The molecule has 0 spiro atoms. The number of nitrogens with two attached hydrogens (primary N) is 2. The van der Waals surface area contributed by atoms with Crippen LogP contribution in [0.1, 0.15) is 12.8 Å². The summed E-state index contributed by atoms with van der Waals surface area (Å²) in [6.07, 6.45) is 0.688. The zero-order valence-electron chi connectivity index (χ0n) is 8.51. The Morgan fingerprint density at radius 2 is 2.31 bits per heavy atom. The number of carbonyl (C=O) groups excluding carboxylic acids is 1. The second-order valence-corrected chi connectivity index (χ2v) is 3.36. The standard InChI is InChI=1S/C7H14N5O3P/c8-5(6(13)11-4-16-15)2-1-3-12(14)7(9)10/h5,14H,1-3,8H2,(H3,9,10)(H,11,13). The first-order valence-electron chi connectivity index (χ1n) is 4.42. The van der Waals surface area contributed by atoms with Crippen molar-refractivity contribution < 1.29 is 14.6 Å². The second-order valence-electron chi connectivity index (χ2n) is 2.95. The number of carbonyl (C=O) groups is 1. The fraction of sp³-hybridized carbons (Fsp3) is 0.571. The van der Waals surface area contributed by atoms with E-state index in [9.17, 15) is 9.36 Å². The van der Waals surface area contributed by atoms with Gasteiger partial charge < -0.3 is 0 Å². The molecule has 8 nitrogen and oxygen atoms in total. The van der Waals surface area contributed by atoms with Crippen LogP contribution in [0.15, 0.2) is 0 Å². The number of hydrogen-bond acceptors (Lipinski definition) is 5. The Labute approximate surface area is 93.6 Å². The summed E-state index contributed by atoms with van der Waals surface area (Å²) in [7, 11) is -0.421. The number of amides is 1. The van der Waals surface area contributed by atoms with E-state index in [2.05, 4.69) is 11.1 Å². The Kier molecular flexibility index (Phi) is 7.24. The Balaban J connectivity index is 3.83. The first kappa shape index (κ1) is 14.7. The van der Waals surface area contributed by atoms with Gasteiger partial charge in [-0.25, -0.2) is 0 Å². The topological polar surface area (TPSA) is 146 Å². The number of nitrogens with zero attached hydrogens (tertiary/aromatic N) is 1. The molecule has 0 aliphatic rings. The zero-order chi connectivity index (χ0) is 12.6. The summed E-state index contributed by atoms with van der Waals surface area (Å²) in [5.74, 6) is 1.10. The van der Waals surface area contributed by atoms with Gasteiger partial charge in [-0.05, 0) is 0 Å². The van der Waals surface area contributed by atoms with Crippen LogP contribution in [0.3, 0.4) is 0 Å². The van der Waals surface area contributed by atoms with E-state index in [0.717, 1.165) is 0 Å². The molecule has 7 N–H and O–H groups in total. The molecule has 0 saturated heterocycles. The van der Waals surface area contributed by atoms with Crippen molar-refractivity contribution in [1.29, 1.82) is 5.41 Å². The summed E-state index contributed by atoms with van der Waals surface area (Å²) in [6.45, 7) is 0.115. The van der Waals surface area contributed by atoms with Gasteiger partial charge in [0.1, 0.15) is 0 Å². The van der Waals surface area contributed by atoms with Crippen LogP contribution in [-0.2, 0) is 9.36 Å². The van der Waals surface area contributed by atoms with E-state index in [-0.39, 0.29) is 6.54 Å². The fourth-order valence-corrected chi connectivity index (χ4v) is 1.04. The van der Waals surface area contributed by atoms with Crippen LogP contribution in [0.4, 0.5) is 0 Å². The third-order valence-electron chi connectivity index (χ3n) is 1.72. The molecule has 1 amide bonds. The molecular formula is C7H14N5O3P. The molecular weight excluding hydrogens is 233 g/mol. The Hall–Kier alpha value is -1.33. The van der Waals surface area contributed by atoms with E-state index in [4.69, 9.17) is 22.1 Å². The van der Waals surface area contributed by atoms with Gasteiger partial charge in [0, 0.05) is 0 Å². The quantitative estimate of drug-likeness (QED) is 0.138. The van der Waals surface area contributed by atoms with Crippen molar-refractivity contribution in [2.75, 3.05) is 6.54 Å². The number of guanidine groups is 1. The molecule has 0 rings (SSSR count). The van der Waals surface area contributed by atoms with Gasteiger partial charge in [-0.1, -0.05) is 0 Å². The van der Waals surface area contributed by atoms with E-state index in [1.54, 1.807) is 0 Å². The molecule has 0 saturated carbocycles. The summed E-state index contributed by atoms with van der Waals surface area (Å²) in [5.41, 5.74) is 10.5. The second kappa shape index (κ2) is 7.90. The van der Waals surface area contributed by atoms with Gasteiger partial charge in [-0.2, -0.15) is 0 Å². The SMILES string of the molecule is N=C(N)N(O)CCCC(N)C(=O)NC#P=O. The average Bonchev–Trinajstić information content (AvgIpc) is 2.25. The molecule has 9 heteroatoms. The summed E-state index contributed by atoms with van der Waals surface area (Å²) in [4.78, 5) is 11.1. The van der Waals surface area contributed by atoms with Crippen LogP contribution < -0.4 is 16.8 Å². The van der Waals surface area contributed by atoms with Crippen molar-refractivity contribution in [2.24, 2.45) is 11.5 Å². The van der Waals surface area contributed by atoms with Crippen molar-refractivity contribution in [1.82, 2.24) is 10.4 Å². The first-order valence-corrected chi connectivity index (χ1v) is 5.23. The molecule has 90 valence electrons. The predicted molar refractivity (Wildman–Crippen MR) is 57.3 cm³/mol. The van der Waals surface area contributed by atoms with Gasteiger partial charge in [0.15, 0.2) is 0 Å². The van der Waals surface area contributed by atoms with Gasteiger partial charge >= 0.3 is 92.8 Å². The van der Waals surface area contributed by atoms with E-state index < -0.39 is 25.8 Å². The normalized spacial score (nSPS) is 11.1. The van der Waals surface area contributed by atoms with Crippen molar-refractivity contribution in [2.45, 2.75) is 18.9 Å². The molecule has 0 aliphatic carbocycles. The third-order valence-corrected chi connectivity index (χ3v) is 1.93. The molecule has 0 aliphatic heterocycles. The third kappa shape index (κ3) is 6.21. The van der Waals surface area contributed by atoms with Crippen LogP contribution in [0.25, 0.3) is 0 Å². The molecule has 0 heterocycles. The van der Waals surface area contributed by atoms with E-state index in [0.29, 0.717) is 17.9 Å². The van der Waals surface area contributed by atoms with Crippen LogP contribution >= 0.6 is 7.92 Å². The van der Waals surface area contributed by atoms with Crippen molar-refractivity contribution in [3.63, 3.8) is 0 Å². The predicted octanol–water partition coefficient (Wildman–Crippen LogP) is -0.997. The molecule has 0 fully saturated rings. The minimum absolute atomic E-state index is 0.115. The molecule has 16 heavy (non-hydrogen) atoms. The van der Waals surface area contributed by atoms with Crippen LogP contribution in [0, 0.1) is 11.2 Å². The Bertz CT molecular complexity index is 354. The molecule has 0 aromatic carbocycles. The number of rotatable bonds is 5. The number of hydroxylamine groups is 2. The summed E-state index contributed by atoms with van der Waals surface area (Å²) < 4.78 is 9.96. The molecule has 1 unspecified atom stereocenters. The summed E-state index contributed by atoms with van der Waals surface area (Å²) in [5, 5.41) is 18.5. The van der Waals surface area contributed by atoms with Gasteiger partial charge in [-0.15, -0.1) is 0 Å². The van der Waals surface area contributed by atoms with Gasteiger partial charge in [0.2, 0.25) is 0 Å². The molecule has 0 bridgehead atoms. The summed E-state index contributed by atoms with van der Waals surface area (Å²) >= 11 is 0. The maximum atomic E-state index is 11.1. The molecule has 0 aromatic heterocycles.